The van der Waals surface area contributed by atoms with Crippen molar-refractivity contribution in [2.24, 2.45) is 0 Å². The average Bonchev–Trinajstić information content (AvgIpc) is 3.48. The number of hydrogen-bond acceptors (Lipinski definition) is 4. The van der Waals surface area contributed by atoms with Gasteiger partial charge in [-0.1, -0.05) is 58.0 Å². The molecular formula is C22H21BrN4OS. The Labute approximate surface area is 182 Å². The van der Waals surface area contributed by atoms with E-state index in [-0.39, 0.29) is 6.10 Å². The van der Waals surface area contributed by atoms with Crippen LogP contribution < -0.4 is 0 Å². The smallest absolute Gasteiger partial charge is 0.191 e. The topological polar surface area (TPSA) is 55.7 Å². The fraction of sp³-hybridized carbons (Fsp3) is 0.273. The number of para-hydroxylation sites is 1. The zero-order valence-electron chi connectivity index (χ0n) is 15.8. The molecule has 7 heteroatoms. The minimum absolute atomic E-state index is 0.224. The van der Waals surface area contributed by atoms with Crippen LogP contribution in [-0.2, 0) is 17.0 Å². The van der Waals surface area contributed by atoms with Crippen LogP contribution in [0.5, 0.6) is 0 Å². The molecule has 0 amide bonds. The average molecular weight is 469 g/mol. The summed E-state index contributed by atoms with van der Waals surface area (Å²) in [5.41, 5.74) is 3.46. The second-order valence-electron chi connectivity index (χ2n) is 7.21. The Balaban J connectivity index is 1.48. The predicted octanol–water partition coefficient (Wildman–Crippen LogP) is 5.66. The Kier molecular flexibility index (Phi) is 5.44. The molecule has 0 spiro atoms. The molecule has 1 fully saturated rings. The van der Waals surface area contributed by atoms with Gasteiger partial charge < -0.3 is 9.72 Å². The Morgan fingerprint density at radius 2 is 2.00 bits per heavy atom. The number of benzene rings is 2. The summed E-state index contributed by atoms with van der Waals surface area (Å²) in [4.78, 5) is 3.36. The maximum atomic E-state index is 5.92. The van der Waals surface area contributed by atoms with Crippen molar-refractivity contribution >= 4 is 38.6 Å². The fourth-order valence-electron chi connectivity index (χ4n) is 3.74. The van der Waals surface area contributed by atoms with Crippen LogP contribution in [0.1, 0.15) is 18.4 Å². The minimum atomic E-state index is 0.224. The third-order valence-corrected chi connectivity index (χ3v) is 6.80. The minimum Gasteiger partial charge on any atom is -0.376 e. The molecule has 0 radical (unpaired) electrons. The molecule has 2 aromatic heterocycles. The van der Waals surface area contributed by atoms with E-state index in [0.29, 0.717) is 0 Å². The van der Waals surface area contributed by atoms with E-state index in [2.05, 4.69) is 78.1 Å². The number of ether oxygens (including phenoxy) is 1. The molecule has 0 saturated carbocycles. The summed E-state index contributed by atoms with van der Waals surface area (Å²) in [5, 5.41) is 11.2. The highest BCUT2D eigenvalue weighted by molar-refractivity contribution is 9.10. The number of aromatic nitrogens is 4. The summed E-state index contributed by atoms with van der Waals surface area (Å²) in [7, 11) is 0. The van der Waals surface area contributed by atoms with Gasteiger partial charge in [0.25, 0.3) is 0 Å². The molecule has 29 heavy (non-hydrogen) atoms. The van der Waals surface area contributed by atoms with Crippen molar-refractivity contribution in [2.45, 2.75) is 36.4 Å². The summed E-state index contributed by atoms with van der Waals surface area (Å²) < 4.78 is 9.24. The first kappa shape index (κ1) is 18.9. The van der Waals surface area contributed by atoms with Crippen molar-refractivity contribution in [3.05, 3.63) is 64.8 Å². The molecule has 4 aromatic rings. The number of halogens is 1. The number of thioether (sulfide) groups is 1. The van der Waals surface area contributed by atoms with E-state index in [1.807, 2.05) is 12.3 Å². The molecule has 0 bridgehead atoms. The van der Waals surface area contributed by atoms with Gasteiger partial charge in [0.15, 0.2) is 11.0 Å². The molecule has 0 unspecified atom stereocenters. The highest BCUT2D eigenvalue weighted by Gasteiger charge is 2.23. The molecule has 5 nitrogen and oxygen atoms in total. The van der Waals surface area contributed by atoms with Crippen molar-refractivity contribution in [3.8, 4) is 11.4 Å². The first-order valence-electron chi connectivity index (χ1n) is 9.76. The highest BCUT2D eigenvalue weighted by atomic mass is 79.9. The van der Waals surface area contributed by atoms with E-state index >= 15 is 0 Å². The van der Waals surface area contributed by atoms with Crippen LogP contribution in [0.15, 0.2) is 64.4 Å². The predicted molar refractivity (Wildman–Crippen MR) is 120 cm³/mol. The number of nitrogens with zero attached hydrogens (tertiary/aromatic N) is 3. The van der Waals surface area contributed by atoms with Crippen molar-refractivity contribution in [3.63, 3.8) is 0 Å². The number of hydrogen-bond donors (Lipinski definition) is 1. The van der Waals surface area contributed by atoms with Gasteiger partial charge in [-0.3, -0.25) is 4.57 Å². The highest BCUT2D eigenvalue weighted by Crippen LogP contribution is 2.32. The van der Waals surface area contributed by atoms with Crippen LogP contribution in [0.2, 0.25) is 0 Å². The van der Waals surface area contributed by atoms with Crippen LogP contribution in [0.4, 0.5) is 0 Å². The van der Waals surface area contributed by atoms with Crippen molar-refractivity contribution in [1.82, 2.24) is 19.7 Å². The number of aromatic amines is 1. The summed E-state index contributed by atoms with van der Waals surface area (Å²) in [6.45, 7) is 1.63. The number of rotatable bonds is 6. The van der Waals surface area contributed by atoms with Crippen LogP contribution in [0, 0.1) is 0 Å². The second-order valence-corrected chi connectivity index (χ2v) is 9.07. The maximum absolute atomic E-state index is 5.92. The molecule has 1 N–H and O–H groups in total. The lowest BCUT2D eigenvalue weighted by molar-refractivity contribution is 0.0953. The molecular weight excluding hydrogens is 448 g/mol. The monoisotopic (exact) mass is 468 g/mol. The summed E-state index contributed by atoms with van der Waals surface area (Å²) in [6, 6.07) is 16.7. The Morgan fingerprint density at radius 3 is 2.83 bits per heavy atom. The summed E-state index contributed by atoms with van der Waals surface area (Å²) in [5.74, 6) is 1.75. The van der Waals surface area contributed by atoms with E-state index in [0.717, 1.165) is 63.7 Å². The van der Waals surface area contributed by atoms with Gasteiger partial charge in [0.05, 0.1) is 12.6 Å². The molecule has 1 aliphatic rings. The van der Waals surface area contributed by atoms with Crippen LogP contribution in [0.3, 0.4) is 0 Å². The number of fused-ring (bicyclic) bond motifs is 1. The van der Waals surface area contributed by atoms with Crippen LogP contribution in [-0.4, -0.2) is 32.5 Å². The quantitative estimate of drug-likeness (QED) is 0.370. The van der Waals surface area contributed by atoms with Crippen LogP contribution >= 0.6 is 27.7 Å². The van der Waals surface area contributed by atoms with Gasteiger partial charge >= 0.3 is 0 Å². The van der Waals surface area contributed by atoms with Crippen molar-refractivity contribution < 1.29 is 4.74 Å². The molecule has 1 aliphatic heterocycles. The van der Waals surface area contributed by atoms with E-state index in [4.69, 9.17) is 4.74 Å². The standard InChI is InChI=1S/C22H21BrN4OS/c23-16-9-7-15(8-10-16)14-29-22-26-25-21(27(22)13-17-4-3-11-28-17)19-12-24-20-6-2-1-5-18(19)20/h1-2,5-10,12,17,24H,3-4,11,13-14H2/t17-/m0/s1. The SMILES string of the molecule is Brc1ccc(CSc2nnc(-c3c[nH]c4ccccc34)n2C[C@@H]2CCCO2)cc1. The second kappa shape index (κ2) is 8.34. The first-order valence-corrected chi connectivity index (χ1v) is 11.5. The van der Waals surface area contributed by atoms with E-state index < -0.39 is 0 Å². The molecule has 2 aromatic carbocycles. The van der Waals surface area contributed by atoms with E-state index in [1.54, 1.807) is 11.8 Å². The first-order chi connectivity index (χ1) is 14.3. The largest absolute Gasteiger partial charge is 0.376 e. The van der Waals surface area contributed by atoms with E-state index in [1.165, 1.54) is 5.56 Å². The van der Waals surface area contributed by atoms with Gasteiger partial charge in [0.1, 0.15) is 0 Å². The lowest BCUT2D eigenvalue weighted by Gasteiger charge is -2.14. The molecule has 3 heterocycles. The number of H-pyrrole nitrogens is 1. The lowest BCUT2D eigenvalue weighted by Crippen LogP contribution is -2.16. The zero-order chi connectivity index (χ0) is 19.6. The fourth-order valence-corrected chi connectivity index (χ4v) is 4.90. The van der Waals surface area contributed by atoms with Gasteiger partial charge in [0, 0.05) is 39.5 Å². The van der Waals surface area contributed by atoms with Crippen molar-refractivity contribution in [1.29, 1.82) is 0 Å². The van der Waals surface area contributed by atoms with E-state index in [9.17, 15) is 0 Å². The lowest BCUT2D eigenvalue weighted by atomic mass is 10.1. The van der Waals surface area contributed by atoms with Crippen LogP contribution in [0.25, 0.3) is 22.3 Å². The molecule has 1 atom stereocenters. The molecule has 1 saturated heterocycles. The van der Waals surface area contributed by atoms with Crippen molar-refractivity contribution in [2.75, 3.05) is 6.61 Å². The third kappa shape index (κ3) is 3.99. The van der Waals surface area contributed by atoms with Gasteiger partial charge in [0.2, 0.25) is 0 Å². The Bertz CT molecular complexity index is 1120. The molecule has 148 valence electrons. The third-order valence-electron chi connectivity index (χ3n) is 5.24. The van der Waals surface area contributed by atoms with Gasteiger partial charge in [-0.05, 0) is 36.6 Å². The Morgan fingerprint density at radius 1 is 1.14 bits per heavy atom. The summed E-state index contributed by atoms with van der Waals surface area (Å²) >= 11 is 5.22. The normalized spacial score (nSPS) is 16.7. The number of nitrogens with one attached hydrogen (secondary N) is 1. The van der Waals surface area contributed by atoms with Gasteiger partial charge in [-0.25, -0.2) is 0 Å². The maximum Gasteiger partial charge on any atom is 0.191 e. The van der Waals surface area contributed by atoms with Gasteiger partial charge in [-0.15, -0.1) is 10.2 Å². The Hall–Kier alpha value is -2.09. The molecule has 0 aliphatic carbocycles. The molecule has 5 rings (SSSR count). The zero-order valence-corrected chi connectivity index (χ0v) is 18.2. The summed E-state index contributed by atoms with van der Waals surface area (Å²) in [6.07, 6.45) is 4.46. The van der Waals surface area contributed by atoms with Gasteiger partial charge in [-0.2, -0.15) is 0 Å².